The molecule has 0 aromatic heterocycles. The predicted octanol–water partition coefficient (Wildman–Crippen LogP) is 0.640. The quantitative estimate of drug-likeness (QED) is 0.733. The molecule has 1 aliphatic carbocycles. The van der Waals surface area contributed by atoms with Crippen molar-refractivity contribution in [3.8, 4) is 0 Å². The Kier molecular flexibility index (Phi) is 4.23. The van der Waals surface area contributed by atoms with Gasteiger partial charge in [-0.1, -0.05) is 0 Å². The molecule has 0 spiro atoms. The molecule has 17 heavy (non-hydrogen) atoms. The fourth-order valence-corrected chi connectivity index (χ4v) is 2.62. The van der Waals surface area contributed by atoms with E-state index in [1.54, 1.807) is 0 Å². The van der Waals surface area contributed by atoms with Crippen LogP contribution in [0.15, 0.2) is 0 Å². The van der Waals surface area contributed by atoms with Gasteiger partial charge in [-0.25, -0.2) is 4.79 Å². The van der Waals surface area contributed by atoms with Crippen LogP contribution in [0.5, 0.6) is 0 Å². The molecular weight excluding hydrogens is 218 g/mol. The van der Waals surface area contributed by atoms with Crippen molar-refractivity contribution in [1.29, 1.82) is 0 Å². The summed E-state index contributed by atoms with van der Waals surface area (Å²) in [5.74, 6) is 0. The van der Waals surface area contributed by atoms with Crippen LogP contribution in [0.3, 0.4) is 0 Å². The number of ether oxygens (including phenoxy) is 1. The van der Waals surface area contributed by atoms with E-state index >= 15 is 0 Å². The first-order valence-corrected chi connectivity index (χ1v) is 6.53. The Morgan fingerprint density at radius 2 is 1.82 bits per heavy atom. The predicted molar refractivity (Wildman–Crippen MR) is 65.8 cm³/mol. The van der Waals surface area contributed by atoms with Crippen LogP contribution < -0.4 is 5.73 Å². The van der Waals surface area contributed by atoms with E-state index < -0.39 is 0 Å². The number of hydrogen-bond donors (Lipinski definition) is 1. The van der Waals surface area contributed by atoms with Gasteiger partial charge in [0.05, 0.1) is 13.2 Å². The number of carbonyl (C=O) groups is 1. The first-order valence-electron chi connectivity index (χ1n) is 6.53. The van der Waals surface area contributed by atoms with Crippen molar-refractivity contribution in [3.05, 3.63) is 0 Å². The first kappa shape index (κ1) is 12.6. The third-order valence-electron chi connectivity index (χ3n) is 3.87. The van der Waals surface area contributed by atoms with Crippen molar-refractivity contribution in [2.75, 3.05) is 33.4 Å². The molecule has 2 aliphatic rings. The highest BCUT2D eigenvalue weighted by Crippen LogP contribution is 2.22. The Hall–Kier alpha value is -0.810. The van der Waals surface area contributed by atoms with Crippen LogP contribution in [0.4, 0.5) is 4.79 Å². The maximum absolute atomic E-state index is 12.2. The Morgan fingerprint density at radius 3 is 2.41 bits per heavy atom. The second-order valence-electron chi connectivity index (χ2n) is 5.06. The smallest absolute Gasteiger partial charge is 0.320 e. The summed E-state index contributed by atoms with van der Waals surface area (Å²) in [6.45, 7) is 2.76. The van der Waals surface area contributed by atoms with Crippen LogP contribution >= 0.6 is 0 Å². The summed E-state index contributed by atoms with van der Waals surface area (Å²) >= 11 is 0. The summed E-state index contributed by atoms with van der Waals surface area (Å²) in [5, 5.41) is 0. The highest BCUT2D eigenvalue weighted by Gasteiger charge is 2.28. The van der Waals surface area contributed by atoms with E-state index in [0.717, 1.165) is 38.8 Å². The second kappa shape index (κ2) is 5.69. The number of urea groups is 1. The maximum Gasteiger partial charge on any atom is 0.320 e. The third kappa shape index (κ3) is 3.10. The van der Waals surface area contributed by atoms with Gasteiger partial charge < -0.3 is 20.3 Å². The summed E-state index contributed by atoms with van der Waals surface area (Å²) in [4.78, 5) is 16.0. The molecule has 5 heteroatoms. The Balaban J connectivity index is 1.85. The minimum absolute atomic E-state index is 0.147. The van der Waals surface area contributed by atoms with Gasteiger partial charge in [0.15, 0.2) is 0 Å². The highest BCUT2D eigenvalue weighted by molar-refractivity contribution is 5.74. The van der Waals surface area contributed by atoms with E-state index in [2.05, 4.69) is 0 Å². The standard InChI is InChI=1S/C12H23N3O2/c1-14(11-4-2-10(13)3-5-11)12(16)15-6-8-17-9-7-15/h10-11H,2-9,13H2,1H3. The molecule has 2 amide bonds. The van der Waals surface area contributed by atoms with Gasteiger partial charge in [0.1, 0.15) is 0 Å². The molecule has 98 valence electrons. The number of morpholine rings is 1. The van der Waals surface area contributed by atoms with Crippen LogP contribution in [0.1, 0.15) is 25.7 Å². The van der Waals surface area contributed by atoms with E-state index in [1.807, 2.05) is 16.8 Å². The summed E-state index contributed by atoms with van der Waals surface area (Å²) in [5.41, 5.74) is 5.89. The SMILES string of the molecule is CN(C(=O)N1CCOCC1)C1CCC(N)CC1. The van der Waals surface area contributed by atoms with E-state index in [4.69, 9.17) is 10.5 Å². The number of hydrogen-bond acceptors (Lipinski definition) is 3. The molecule has 2 N–H and O–H groups in total. The van der Waals surface area contributed by atoms with Gasteiger partial charge >= 0.3 is 6.03 Å². The van der Waals surface area contributed by atoms with E-state index in [-0.39, 0.29) is 6.03 Å². The van der Waals surface area contributed by atoms with Gasteiger partial charge in [0.25, 0.3) is 0 Å². The number of amides is 2. The summed E-state index contributed by atoms with van der Waals surface area (Å²) in [7, 11) is 1.92. The molecular formula is C12H23N3O2. The number of carbonyl (C=O) groups excluding carboxylic acids is 1. The van der Waals surface area contributed by atoms with Gasteiger partial charge in [-0.3, -0.25) is 0 Å². The van der Waals surface area contributed by atoms with E-state index in [0.29, 0.717) is 25.3 Å². The molecule has 2 fully saturated rings. The Labute approximate surface area is 103 Å². The number of nitrogens with zero attached hydrogens (tertiary/aromatic N) is 2. The lowest BCUT2D eigenvalue weighted by Gasteiger charge is -2.37. The molecule has 1 heterocycles. The summed E-state index contributed by atoms with van der Waals surface area (Å²) < 4.78 is 5.26. The second-order valence-corrected chi connectivity index (χ2v) is 5.06. The van der Waals surface area contributed by atoms with Crippen LogP contribution in [0.2, 0.25) is 0 Å². The number of rotatable bonds is 1. The highest BCUT2D eigenvalue weighted by atomic mass is 16.5. The van der Waals surface area contributed by atoms with Gasteiger partial charge in [0.2, 0.25) is 0 Å². The van der Waals surface area contributed by atoms with Crippen LogP contribution in [0.25, 0.3) is 0 Å². The Morgan fingerprint density at radius 1 is 1.24 bits per heavy atom. The van der Waals surface area contributed by atoms with Gasteiger partial charge in [-0.05, 0) is 25.7 Å². The molecule has 1 saturated carbocycles. The zero-order valence-electron chi connectivity index (χ0n) is 10.6. The van der Waals surface area contributed by atoms with Gasteiger partial charge in [-0.15, -0.1) is 0 Å². The average Bonchev–Trinajstić information content (AvgIpc) is 2.39. The molecule has 0 radical (unpaired) electrons. The molecule has 1 saturated heterocycles. The van der Waals surface area contributed by atoms with Crippen LogP contribution in [-0.4, -0.2) is 61.3 Å². The molecule has 0 bridgehead atoms. The molecule has 5 nitrogen and oxygen atoms in total. The Bertz CT molecular complexity index is 258. The molecule has 2 rings (SSSR count). The lowest BCUT2D eigenvalue weighted by atomic mass is 9.91. The van der Waals surface area contributed by atoms with Crippen LogP contribution in [0, 0.1) is 0 Å². The topological polar surface area (TPSA) is 58.8 Å². The third-order valence-corrected chi connectivity index (χ3v) is 3.87. The van der Waals surface area contributed by atoms with E-state index in [9.17, 15) is 4.79 Å². The minimum atomic E-state index is 0.147. The zero-order chi connectivity index (χ0) is 12.3. The summed E-state index contributed by atoms with van der Waals surface area (Å²) in [6.07, 6.45) is 4.14. The lowest BCUT2D eigenvalue weighted by Crippen LogP contribution is -2.51. The normalized spacial score (nSPS) is 30.1. The van der Waals surface area contributed by atoms with Crippen molar-refractivity contribution >= 4 is 6.03 Å². The monoisotopic (exact) mass is 241 g/mol. The molecule has 0 aromatic carbocycles. The lowest BCUT2D eigenvalue weighted by molar-refractivity contribution is 0.0400. The van der Waals surface area contributed by atoms with Gasteiger partial charge in [0, 0.05) is 32.2 Å². The molecule has 0 atom stereocenters. The zero-order valence-corrected chi connectivity index (χ0v) is 10.6. The van der Waals surface area contributed by atoms with Crippen LogP contribution in [-0.2, 0) is 4.74 Å². The van der Waals surface area contributed by atoms with Crippen molar-refractivity contribution < 1.29 is 9.53 Å². The first-order chi connectivity index (χ1) is 8.18. The van der Waals surface area contributed by atoms with Crippen molar-refractivity contribution in [2.45, 2.75) is 37.8 Å². The van der Waals surface area contributed by atoms with Gasteiger partial charge in [-0.2, -0.15) is 0 Å². The van der Waals surface area contributed by atoms with Crippen molar-refractivity contribution in [2.24, 2.45) is 5.73 Å². The van der Waals surface area contributed by atoms with Crippen molar-refractivity contribution in [3.63, 3.8) is 0 Å². The molecule has 0 unspecified atom stereocenters. The number of nitrogens with two attached hydrogens (primary N) is 1. The summed E-state index contributed by atoms with van der Waals surface area (Å²) in [6, 6.07) is 0.844. The fourth-order valence-electron chi connectivity index (χ4n) is 2.62. The molecule has 1 aliphatic heterocycles. The maximum atomic E-state index is 12.2. The largest absolute Gasteiger partial charge is 0.378 e. The minimum Gasteiger partial charge on any atom is -0.378 e. The van der Waals surface area contributed by atoms with Crippen molar-refractivity contribution in [1.82, 2.24) is 9.80 Å². The molecule has 0 aromatic rings. The fraction of sp³-hybridized carbons (Fsp3) is 0.917. The average molecular weight is 241 g/mol. The van der Waals surface area contributed by atoms with E-state index in [1.165, 1.54) is 0 Å².